The van der Waals surface area contributed by atoms with Crippen LogP contribution >= 0.6 is 11.6 Å². The van der Waals surface area contributed by atoms with Gasteiger partial charge in [0.25, 0.3) is 0 Å². The first kappa shape index (κ1) is 10.4. The second-order valence-corrected chi connectivity index (χ2v) is 4.55. The number of hydrogen-bond donors (Lipinski definition) is 0. The van der Waals surface area contributed by atoms with Crippen LogP contribution in [0.4, 0.5) is 0 Å². The summed E-state index contributed by atoms with van der Waals surface area (Å²) >= 11 is 6.21. The molecule has 1 aromatic carbocycles. The number of aromatic nitrogens is 2. The van der Waals surface area contributed by atoms with Crippen LogP contribution in [-0.2, 0) is 13.0 Å². The van der Waals surface area contributed by atoms with E-state index in [1.165, 1.54) is 5.69 Å². The highest BCUT2D eigenvalue weighted by molar-refractivity contribution is 6.33. The number of benzene rings is 1. The van der Waals surface area contributed by atoms with Gasteiger partial charge in [0.2, 0.25) is 0 Å². The molecule has 0 atom stereocenters. The van der Waals surface area contributed by atoms with Crippen LogP contribution in [0, 0.1) is 11.3 Å². The van der Waals surface area contributed by atoms with Crippen molar-refractivity contribution in [3.8, 4) is 17.2 Å². The number of nitriles is 1. The lowest BCUT2D eigenvalue weighted by Gasteiger charge is -2.04. The van der Waals surface area contributed by atoms with Crippen molar-refractivity contribution in [2.75, 3.05) is 0 Å². The molecule has 0 saturated heterocycles. The molecule has 3 rings (SSSR count). The Balaban J connectivity index is 2.13. The topological polar surface area (TPSA) is 41.6 Å². The van der Waals surface area contributed by atoms with Gasteiger partial charge in [-0.2, -0.15) is 10.4 Å². The van der Waals surface area contributed by atoms with Crippen LogP contribution in [0.1, 0.15) is 17.7 Å². The van der Waals surface area contributed by atoms with E-state index in [0.717, 1.165) is 30.5 Å². The van der Waals surface area contributed by atoms with Crippen molar-refractivity contribution in [3.05, 3.63) is 40.7 Å². The van der Waals surface area contributed by atoms with Crippen LogP contribution in [-0.4, -0.2) is 9.78 Å². The number of aryl methyl sites for hydroxylation is 1. The fourth-order valence-electron chi connectivity index (χ4n) is 2.29. The molecule has 0 unspecified atom stereocenters. The highest BCUT2D eigenvalue weighted by Crippen LogP contribution is 2.33. The zero-order chi connectivity index (χ0) is 11.8. The molecular weight excluding hydrogens is 234 g/mol. The molecule has 0 amide bonds. The summed E-state index contributed by atoms with van der Waals surface area (Å²) in [5, 5.41) is 13.8. The molecule has 4 heteroatoms. The van der Waals surface area contributed by atoms with Crippen molar-refractivity contribution in [1.82, 2.24) is 9.78 Å². The molecule has 0 bridgehead atoms. The van der Waals surface area contributed by atoms with Gasteiger partial charge < -0.3 is 0 Å². The van der Waals surface area contributed by atoms with Crippen molar-refractivity contribution in [3.63, 3.8) is 0 Å². The van der Waals surface area contributed by atoms with Crippen molar-refractivity contribution < 1.29 is 0 Å². The molecule has 1 aliphatic rings. The number of halogens is 1. The van der Waals surface area contributed by atoms with E-state index < -0.39 is 0 Å². The maximum absolute atomic E-state index is 8.81. The first-order chi connectivity index (χ1) is 8.29. The minimum Gasteiger partial charge on any atom is -0.269 e. The lowest BCUT2D eigenvalue weighted by Crippen LogP contribution is -1.93. The lowest BCUT2D eigenvalue weighted by atomic mass is 10.0. The summed E-state index contributed by atoms with van der Waals surface area (Å²) in [5.41, 5.74) is 3.89. The third kappa shape index (κ3) is 1.62. The SMILES string of the molecule is N#Cc1ccc(-c2cnn3c2CCC3)c(Cl)c1. The molecule has 0 aliphatic carbocycles. The predicted molar refractivity (Wildman–Crippen MR) is 65.7 cm³/mol. The zero-order valence-electron chi connectivity index (χ0n) is 9.15. The summed E-state index contributed by atoms with van der Waals surface area (Å²) in [5.74, 6) is 0. The van der Waals surface area contributed by atoms with E-state index in [1.54, 1.807) is 12.1 Å². The van der Waals surface area contributed by atoms with Gasteiger partial charge in [0, 0.05) is 28.4 Å². The normalized spacial score (nSPS) is 13.4. The highest BCUT2D eigenvalue weighted by Gasteiger charge is 2.18. The van der Waals surface area contributed by atoms with Crippen LogP contribution in [0.15, 0.2) is 24.4 Å². The van der Waals surface area contributed by atoms with Crippen LogP contribution in [0.25, 0.3) is 11.1 Å². The Kier molecular flexibility index (Phi) is 2.38. The van der Waals surface area contributed by atoms with Crippen molar-refractivity contribution >= 4 is 11.6 Å². The fourth-order valence-corrected chi connectivity index (χ4v) is 2.57. The number of fused-ring (bicyclic) bond motifs is 1. The molecule has 1 aliphatic heterocycles. The molecule has 2 heterocycles. The van der Waals surface area contributed by atoms with Crippen LogP contribution in [0.3, 0.4) is 0 Å². The van der Waals surface area contributed by atoms with Crippen molar-refractivity contribution in [2.45, 2.75) is 19.4 Å². The number of nitrogens with zero attached hydrogens (tertiary/aromatic N) is 3. The molecule has 0 saturated carbocycles. The van der Waals surface area contributed by atoms with Gasteiger partial charge in [0.05, 0.1) is 17.8 Å². The van der Waals surface area contributed by atoms with Crippen LogP contribution < -0.4 is 0 Å². The average molecular weight is 244 g/mol. The maximum Gasteiger partial charge on any atom is 0.0992 e. The Hall–Kier alpha value is -1.79. The van der Waals surface area contributed by atoms with E-state index >= 15 is 0 Å². The Labute approximate surface area is 104 Å². The number of hydrogen-bond acceptors (Lipinski definition) is 2. The third-order valence-electron chi connectivity index (χ3n) is 3.12. The molecule has 1 aromatic heterocycles. The Morgan fingerprint density at radius 2 is 2.24 bits per heavy atom. The monoisotopic (exact) mass is 243 g/mol. The molecule has 84 valence electrons. The van der Waals surface area contributed by atoms with E-state index in [0.29, 0.717) is 10.6 Å². The van der Waals surface area contributed by atoms with Gasteiger partial charge in [-0.15, -0.1) is 0 Å². The molecule has 0 N–H and O–H groups in total. The summed E-state index contributed by atoms with van der Waals surface area (Å²) in [6, 6.07) is 7.48. The predicted octanol–water partition coefficient (Wildman–Crippen LogP) is 3.02. The quantitative estimate of drug-likeness (QED) is 0.773. The van der Waals surface area contributed by atoms with E-state index in [1.807, 2.05) is 16.9 Å². The minimum absolute atomic E-state index is 0.586. The minimum atomic E-state index is 0.586. The molecule has 0 radical (unpaired) electrons. The Morgan fingerprint density at radius 3 is 3.00 bits per heavy atom. The van der Waals surface area contributed by atoms with Gasteiger partial charge in [0.15, 0.2) is 0 Å². The Morgan fingerprint density at radius 1 is 1.35 bits per heavy atom. The maximum atomic E-state index is 8.81. The van der Waals surface area contributed by atoms with Gasteiger partial charge in [-0.3, -0.25) is 4.68 Å². The summed E-state index contributed by atoms with van der Waals surface area (Å²) < 4.78 is 2.03. The molecule has 2 aromatic rings. The van der Waals surface area contributed by atoms with Crippen LogP contribution in [0.5, 0.6) is 0 Å². The molecule has 0 fully saturated rings. The fraction of sp³-hybridized carbons (Fsp3) is 0.231. The number of rotatable bonds is 1. The van der Waals surface area contributed by atoms with Gasteiger partial charge in [-0.25, -0.2) is 0 Å². The van der Waals surface area contributed by atoms with E-state index in [-0.39, 0.29) is 0 Å². The zero-order valence-corrected chi connectivity index (χ0v) is 9.91. The van der Waals surface area contributed by atoms with Gasteiger partial charge in [-0.1, -0.05) is 17.7 Å². The Bertz CT molecular complexity index is 622. The molecule has 0 spiro atoms. The summed E-state index contributed by atoms with van der Waals surface area (Å²) in [6.45, 7) is 0.989. The van der Waals surface area contributed by atoms with E-state index in [2.05, 4.69) is 11.2 Å². The van der Waals surface area contributed by atoms with Crippen LogP contribution in [0.2, 0.25) is 5.02 Å². The second kappa shape index (κ2) is 3.90. The van der Waals surface area contributed by atoms with Crippen molar-refractivity contribution in [1.29, 1.82) is 5.26 Å². The standard InChI is InChI=1S/C13H10ClN3/c14-12-6-9(7-15)3-4-10(12)11-8-16-17-5-1-2-13(11)17/h3-4,6,8H,1-2,5H2. The van der Waals surface area contributed by atoms with Gasteiger partial charge in [-0.05, 0) is 25.0 Å². The van der Waals surface area contributed by atoms with Crippen molar-refractivity contribution in [2.24, 2.45) is 0 Å². The first-order valence-corrected chi connectivity index (χ1v) is 5.92. The van der Waals surface area contributed by atoms with E-state index in [4.69, 9.17) is 16.9 Å². The second-order valence-electron chi connectivity index (χ2n) is 4.14. The summed E-state index contributed by atoms with van der Waals surface area (Å²) in [4.78, 5) is 0. The highest BCUT2D eigenvalue weighted by atomic mass is 35.5. The molecule has 3 nitrogen and oxygen atoms in total. The summed E-state index contributed by atoms with van der Waals surface area (Å²) in [7, 11) is 0. The molecular formula is C13H10ClN3. The third-order valence-corrected chi connectivity index (χ3v) is 3.43. The average Bonchev–Trinajstić information content (AvgIpc) is 2.91. The largest absolute Gasteiger partial charge is 0.269 e. The summed E-state index contributed by atoms with van der Waals surface area (Å²) in [6.07, 6.45) is 4.05. The van der Waals surface area contributed by atoms with Gasteiger partial charge in [0.1, 0.15) is 0 Å². The first-order valence-electron chi connectivity index (χ1n) is 5.54. The van der Waals surface area contributed by atoms with Gasteiger partial charge >= 0.3 is 0 Å². The smallest absolute Gasteiger partial charge is 0.0992 e. The lowest BCUT2D eigenvalue weighted by molar-refractivity contribution is 0.656. The molecule has 17 heavy (non-hydrogen) atoms. The van der Waals surface area contributed by atoms with E-state index in [9.17, 15) is 0 Å².